The molecule has 3 rings (SSSR count). The number of hydrogen-bond donors (Lipinski definition) is 0. The van der Waals surface area contributed by atoms with Crippen molar-refractivity contribution in [3.8, 4) is 5.75 Å². The molecule has 4 heteroatoms. The maximum absolute atomic E-state index is 11.5. The maximum Gasteiger partial charge on any atom is 0.333 e. The molecule has 3 aromatic rings. The molecule has 0 atom stereocenters. The molecule has 28 heavy (non-hydrogen) atoms. The zero-order valence-corrected chi connectivity index (χ0v) is 16.3. The summed E-state index contributed by atoms with van der Waals surface area (Å²) in [5.74, 6) is -0.00712. The summed E-state index contributed by atoms with van der Waals surface area (Å²) in [5.41, 5.74) is 1.62. The van der Waals surface area contributed by atoms with Crippen LogP contribution in [0.2, 0.25) is 0 Å². The predicted molar refractivity (Wildman–Crippen MR) is 111 cm³/mol. The number of esters is 2. The van der Waals surface area contributed by atoms with Gasteiger partial charge in [0.15, 0.2) is 0 Å². The Morgan fingerprint density at radius 2 is 1.64 bits per heavy atom. The molecule has 0 saturated heterocycles. The molecule has 3 aromatic carbocycles. The minimum Gasteiger partial charge on any atom is -0.462 e. The lowest BCUT2D eigenvalue weighted by Gasteiger charge is -2.09. The van der Waals surface area contributed by atoms with E-state index in [1.54, 1.807) is 13.8 Å². The Kier molecular flexibility index (Phi) is 6.09. The quantitative estimate of drug-likeness (QED) is 0.183. The minimum absolute atomic E-state index is 0.237. The first-order chi connectivity index (χ1) is 13.5. The van der Waals surface area contributed by atoms with Crippen molar-refractivity contribution >= 4 is 33.5 Å². The molecule has 0 aliphatic rings. The summed E-state index contributed by atoms with van der Waals surface area (Å²) in [4.78, 5) is 22.9. The van der Waals surface area contributed by atoms with Crippen molar-refractivity contribution in [2.24, 2.45) is 0 Å². The van der Waals surface area contributed by atoms with Gasteiger partial charge in [-0.25, -0.2) is 4.79 Å². The summed E-state index contributed by atoms with van der Waals surface area (Å²) in [6.45, 7) is 7.39. The van der Waals surface area contributed by atoms with Gasteiger partial charge in [0.2, 0.25) is 0 Å². The van der Waals surface area contributed by atoms with Crippen molar-refractivity contribution in [1.29, 1.82) is 0 Å². The fourth-order valence-electron chi connectivity index (χ4n) is 3.09. The van der Waals surface area contributed by atoms with E-state index in [-0.39, 0.29) is 11.9 Å². The number of fused-ring (bicyclic) bond motifs is 3. The SMILES string of the molecule is C=C(C)C(=O)OCCCc1ccc2c(ccc3cc(OC(=O)CC)ccc32)c1. The summed E-state index contributed by atoms with van der Waals surface area (Å²) in [6, 6.07) is 16.2. The second kappa shape index (κ2) is 8.70. The minimum atomic E-state index is -0.339. The van der Waals surface area contributed by atoms with Crippen LogP contribution >= 0.6 is 0 Å². The van der Waals surface area contributed by atoms with E-state index >= 15 is 0 Å². The summed E-state index contributed by atoms with van der Waals surface area (Å²) in [6.07, 6.45) is 1.96. The second-order valence-electron chi connectivity index (χ2n) is 6.85. The molecule has 0 amide bonds. The van der Waals surface area contributed by atoms with E-state index in [0.29, 0.717) is 24.4 Å². The molecule has 0 aromatic heterocycles. The lowest BCUT2D eigenvalue weighted by atomic mass is 9.98. The average Bonchev–Trinajstić information content (AvgIpc) is 2.70. The van der Waals surface area contributed by atoms with Crippen LogP contribution in [-0.4, -0.2) is 18.5 Å². The monoisotopic (exact) mass is 376 g/mol. The van der Waals surface area contributed by atoms with Crippen LogP contribution in [-0.2, 0) is 20.7 Å². The molecule has 0 N–H and O–H groups in total. The third kappa shape index (κ3) is 4.58. The normalized spacial score (nSPS) is 10.8. The van der Waals surface area contributed by atoms with Crippen LogP contribution in [0.4, 0.5) is 0 Å². The number of ether oxygens (including phenoxy) is 2. The summed E-state index contributed by atoms with van der Waals surface area (Å²) in [5, 5.41) is 4.47. The molecular weight excluding hydrogens is 352 g/mol. The van der Waals surface area contributed by atoms with Crippen molar-refractivity contribution in [2.75, 3.05) is 6.61 Å². The molecular formula is C24H24O4. The Hall–Kier alpha value is -3.14. The Balaban J connectivity index is 1.74. The first-order valence-corrected chi connectivity index (χ1v) is 9.46. The fourth-order valence-corrected chi connectivity index (χ4v) is 3.09. The van der Waals surface area contributed by atoms with Crippen molar-refractivity contribution in [3.63, 3.8) is 0 Å². The number of rotatable bonds is 7. The molecule has 0 radical (unpaired) electrons. The Morgan fingerprint density at radius 3 is 2.32 bits per heavy atom. The van der Waals surface area contributed by atoms with Crippen molar-refractivity contribution in [3.05, 3.63) is 66.2 Å². The third-order valence-corrected chi connectivity index (χ3v) is 4.58. The zero-order chi connectivity index (χ0) is 20.1. The van der Waals surface area contributed by atoms with Crippen LogP contribution in [0.5, 0.6) is 5.75 Å². The molecule has 144 valence electrons. The molecule has 0 aliphatic heterocycles. The van der Waals surface area contributed by atoms with Crippen LogP contribution in [0, 0.1) is 0 Å². The number of hydrogen-bond acceptors (Lipinski definition) is 4. The Labute approximate surface area is 164 Å². The van der Waals surface area contributed by atoms with Gasteiger partial charge >= 0.3 is 11.9 Å². The largest absolute Gasteiger partial charge is 0.462 e. The molecule has 0 spiro atoms. The first-order valence-electron chi connectivity index (χ1n) is 9.46. The molecule has 0 heterocycles. The van der Waals surface area contributed by atoms with Crippen molar-refractivity contribution in [2.45, 2.75) is 33.1 Å². The van der Waals surface area contributed by atoms with E-state index in [1.165, 1.54) is 5.56 Å². The fraction of sp³-hybridized carbons (Fsp3) is 0.250. The lowest BCUT2D eigenvalue weighted by molar-refractivity contribution is -0.139. The molecule has 0 aliphatic carbocycles. The van der Waals surface area contributed by atoms with Crippen LogP contribution in [0.25, 0.3) is 21.5 Å². The van der Waals surface area contributed by atoms with E-state index in [9.17, 15) is 9.59 Å². The third-order valence-electron chi connectivity index (χ3n) is 4.58. The number of carbonyl (C=O) groups excluding carboxylic acids is 2. The molecule has 0 unspecified atom stereocenters. The summed E-state index contributed by atoms with van der Waals surface area (Å²) < 4.78 is 10.5. The molecule has 0 saturated carbocycles. The van der Waals surface area contributed by atoms with E-state index in [0.717, 1.165) is 34.4 Å². The van der Waals surface area contributed by atoms with Crippen LogP contribution in [0.15, 0.2) is 60.7 Å². The number of aryl methyl sites for hydroxylation is 1. The highest BCUT2D eigenvalue weighted by Gasteiger charge is 2.07. The van der Waals surface area contributed by atoms with Gasteiger partial charge < -0.3 is 9.47 Å². The number of benzene rings is 3. The van der Waals surface area contributed by atoms with Gasteiger partial charge in [0.1, 0.15) is 5.75 Å². The van der Waals surface area contributed by atoms with E-state index in [2.05, 4.69) is 30.8 Å². The van der Waals surface area contributed by atoms with Gasteiger partial charge in [0.05, 0.1) is 6.61 Å². The molecule has 0 fully saturated rings. The van der Waals surface area contributed by atoms with Crippen LogP contribution in [0.1, 0.15) is 32.3 Å². The topological polar surface area (TPSA) is 52.6 Å². The maximum atomic E-state index is 11.5. The van der Waals surface area contributed by atoms with Crippen molar-refractivity contribution in [1.82, 2.24) is 0 Å². The van der Waals surface area contributed by atoms with Gasteiger partial charge in [-0.15, -0.1) is 0 Å². The number of carbonyl (C=O) groups is 2. The van der Waals surface area contributed by atoms with Crippen LogP contribution < -0.4 is 4.74 Å². The second-order valence-corrected chi connectivity index (χ2v) is 6.85. The highest BCUT2D eigenvalue weighted by Crippen LogP contribution is 2.29. The smallest absolute Gasteiger partial charge is 0.333 e. The standard InChI is InChI=1S/C24H24O4/c1-4-23(25)28-20-10-12-22-19(15-20)9-8-18-14-17(7-11-21(18)22)6-5-13-27-24(26)16(2)3/h7-12,14-15H,2,4-6,13H2,1,3H3. The highest BCUT2D eigenvalue weighted by molar-refractivity contribution is 6.08. The lowest BCUT2D eigenvalue weighted by Crippen LogP contribution is -2.06. The molecule has 4 nitrogen and oxygen atoms in total. The highest BCUT2D eigenvalue weighted by atomic mass is 16.5. The van der Waals surface area contributed by atoms with Crippen molar-refractivity contribution < 1.29 is 19.1 Å². The zero-order valence-electron chi connectivity index (χ0n) is 16.3. The van der Waals surface area contributed by atoms with Gasteiger partial charge in [0, 0.05) is 12.0 Å². The van der Waals surface area contributed by atoms with E-state index in [1.807, 2.05) is 24.3 Å². The first kappa shape index (κ1) is 19.6. The summed E-state index contributed by atoms with van der Waals surface area (Å²) >= 11 is 0. The van der Waals surface area contributed by atoms with Gasteiger partial charge in [-0.05, 0) is 59.0 Å². The summed E-state index contributed by atoms with van der Waals surface area (Å²) in [7, 11) is 0. The van der Waals surface area contributed by atoms with E-state index < -0.39 is 0 Å². The predicted octanol–water partition coefficient (Wildman–Crippen LogP) is 5.36. The van der Waals surface area contributed by atoms with Gasteiger partial charge in [-0.2, -0.15) is 0 Å². The van der Waals surface area contributed by atoms with Gasteiger partial charge in [-0.1, -0.05) is 49.9 Å². The van der Waals surface area contributed by atoms with Crippen LogP contribution in [0.3, 0.4) is 0 Å². The Bertz CT molecular complexity index is 1050. The van der Waals surface area contributed by atoms with Gasteiger partial charge in [0.25, 0.3) is 0 Å². The van der Waals surface area contributed by atoms with E-state index in [4.69, 9.17) is 9.47 Å². The molecule has 0 bridgehead atoms. The Morgan fingerprint density at radius 1 is 0.964 bits per heavy atom. The van der Waals surface area contributed by atoms with Gasteiger partial charge in [-0.3, -0.25) is 4.79 Å². The average molecular weight is 376 g/mol.